The van der Waals surface area contributed by atoms with E-state index in [-0.39, 0.29) is 18.5 Å². The highest BCUT2D eigenvalue weighted by atomic mass is 16.5. The Bertz CT molecular complexity index is 371. The highest BCUT2D eigenvalue weighted by molar-refractivity contribution is 5.87. The lowest BCUT2D eigenvalue weighted by molar-refractivity contribution is 0.0465. The fourth-order valence-corrected chi connectivity index (χ4v) is 1.36. The van der Waals surface area contributed by atoms with Gasteiger partial charge in [0, 0.05) is 0 Å². The van der Waals surface area contributed by atoms with Crippen LogP contribution in [0, 0.1) is 0 Å². The van der Waals surface area contributed by atoms with E-state index in [1.54, 1.807) is 0 Å². The molecule has 0 bridgehead atoms. The van der Waals surface area contributed by atoms with E-state index in [9.17, 15) is 4.79 Å². The van der Waals surface area contributed by atoms with Gasteiger partial charge in [-0.15, -0.1) is 0 Å². The Morgan fingerprint density at radius 2 is 2.18 bits per heavy atom. The molecule has 5 heteroatoms. The van der Waals surface area contributed by atoms with Crippen LogP contribution in [-0.4, -0.2) is 24.2 Å². The average molecular weight is 241 g/mol. The molecular formula is C12H19NO4. The fraction of sp³-hybridized carbons (Fsp3) is 0.667. The molecule has 0 fully saturated rings. The molecule has 0 aromatic carbocycles. The molecule has 0 spiro atoms. The number of esters is 1. The number of nitrogens with zero attached hydrogens (tertiary/aromatic N) is 1. The van der Waals surface area contributed by atoms with E-state index >= 15 is 0 Å². The van der Waals surface area contributed by atoms with Crippen molar-refractivity contribution in [3.05, 3.63) is 17.3 Å². The lowest BCUT2D eigenvalue weighted by Crippen LogP contribution is -2.03. The number of carbonyl (C=O) groups excluding carboxylic acids is 1. The van der Waals surface area contributed by atoms with E-state index in [0.29, 0.717) is 18.0 Å². The predicted molar refractivity (Wildman–Crippen MR) is 61.8 cm³/mol. The Hall–Kier alpha value is -1.36. The van der Waals surface area contributed by atoms with Crippen molar-refractivity contribution < 1.29 is 18.7 Å². The monoisotopic (exact) mass is 241 g/mol. The second kappa shape index (κ2) is 6.39. The van der Waals surface area contributed by atoms with Crippen LogP contribution in [0.3, 0.4) is 0 Å². The van der Waals surface area contributed by atoms with Gasteiger partial charge in [0.05, 0.1) is 18.9 Å². The largest absolute Gasteiger partial charge is 0.463 e. The minimum absolute atomic E-state index is 0.0955. The van der Waals surface area contributed by atoms with Crippen LogP contribution in [0.1, 0.15) is 49.3 Å². The highest BCUT2D eigenvalue weighted by Crippen LogP contribution is 2.15. The maximum Gasteiger partial charge on any atom is 0.375 e. The van der Waals surface area contributed by atoms with E-state index in [0.717, 1.165) is 6.42 Å². The molecule has 0 aliphatic heterocycles. The van der Waals surface area contributed by atoms with Gasteiger partial charge in [0.1, 0.15) is 6.61 Å². The van der Waals surface area contributed by atoms with Crippen molar-refractivity contribution >= 4 is 5.97 Å². The van der Waals surface area contributed by atoms with Crippen LogP contribution in [-0.2, 0) is 22.5 Å². The molecule has 0 saturated heterocycles. The molecule has 0 aliphatic carbocycles. The third-order valence-corrected chi connectivity index (χ3v) is 2.14. The number of oxazole rings is 1. The fourth-order valence-electron chi connectivity index (χ4n) is 1.36. The number of carbonyl (C=O) groups is 1. The van der Waals surface area contributed by atoms with Gasteiger partial charge in [0.2, 0.25) is 11.7 Å². The van der Waals surface area contributed by atoms with Crippen LogP contribution in [0.5, 0.6) is 0 Å². The highest BCUT2D eigenvalue weighted by Gasteiger charge is 2.20. The number of ether oxygens (including phenoxy) is 2. The van der Waals surface area contributed by atoms with Crippen LogP contribution in [0.4, 0.5) is 0 Å². The molecule has 0 radical (unpaired) electrons. The number of hydrogen-bond acceptors (Lipinski definition) is 5. The number of rotatable bonds is 6. The van der Waals surface area contributed by atoms with Crippen LogP contribution < -0.4 is 0 Å². The van der Waals surface area contributed by atoms with Gasteiger partial charge in [-0.3, -0.25) is 0 Å². The van der Waals surface area contributed by atoms with Crippen molar-refractivity contribution in [2.75, 3.05) is 7.11 Å². The van der Waals surface area contributed by atoms with Crippen LogP contribution >= 0.6 is 0 Å². The van der Waals surface area contributed by atoms with Crippen molar-refractivity contribution in [1.29, 1.82) is 0 Å². The van der Waals surface area contributed by atoms with Crippen molar-refractivity contribution in [2.24, 2.45) is 0 Å². The van der Waals surface area contributed by atoms with Crippen molar-refractivity contribution in [1.82, 2.24) is 4.98 Å². The summed E-state index contributed by atoms with van der Waals surface area (Å²) in [4.78, 5) is 15.7. The van der Waals surface area contributed by atoms with E-state index in [1.165, 1.54) is 7.11 Å². The topological polar surface area (TPSA) is 61.6 Å². The minimum Gasteiger partial charge on any atom is -0.463 e. The molecule has 0 saturated carbocycles. The van der Waals surface area contributed by atoms with Gasteiger partial charge in [0.15, 0.2) is 0 Å². The van der Waals surface area contributed by atoms with Crippen molar-refractivity contribution in [3.8, 4) is 0 Å². The first kappa shape index (κ1) is 13.7. The van der Waals surface area contributed by atoms with E-state index in [1.807, 2.05) is 20.8 Å². The van der Waals surface area contributed by atoms with Crippen molar-refractivity contribution in [3.63, 3.8) is 0 Å². The molecule has 0 N–H and O–H groups in total. The van der Waals surface area contributed by atoms with Crippen LogP contribution in [0.15, 0.2) is 4.42 Å². The zero-order valence-corrected chi connectivity index (χ0v) is 10.8. The van der Waals surface area contributed by atoms with E-state index < -0.39 is 5.97 Å². The summed E-state index contributed by atoms with van der Waals surface area (Å²) in [6, 6.07) is 0. The number of methoxy groups -OCH3 is 1. The minimum atomic E-state index is -0.489. The van der Waals surface area contributed by atoms with Gasteiger partial charge >= 0.3 is 5.97 Å². The summed E-state index contributed by atoms with van der Waals surface area (Å²) in [6.45, 7) is 6.14. The molecule has 1 aromatic heterocycles. The summed E-state index contributed by atoms with van der Waals surface area (Å²) < 4.78 is 15.4. The predicted octanol–water partition coefficient (Wildman–Crippen LogP) is 2.34. The SMILES string of the molecule is CCCc1nc(COC(C)C)oc1C(=O)OC. The summed E-state index contributed by atoms with van der Waals surface area (Å²) in [5.41, 5.74) is 0.640. The first-order chi connectivity index (χ1) is 8.08. The second-order valence-electron chi connectivity index (χ2n) is 3.98. The number of aryl methyl sites for hydroxylation is 1. The molecule has 1 rings (SSSR count). The third-order valence-electron chi connectivity index (χ3n) is 2.14. The Morgan fingerprint density at radius 3 is 2.71 bits per heavy atom. The maximum absolute atomic E-state index is 11.5. The number of aromatic nitrogens is 1. The van der Waals surface area contributed by atoms with Crippen molar-refractivity contribution in [2.45, 2.75) is 46.3 Å². The lowest BCUT2D eigenvalue weighted by atomic mass is 10.2. The third kappa shape index (κ3) is 3.85. The standard InChI is InChI=1S/C12H19NO4/c1-5-6-9-11(12(14)15-4)17-10(13-9)7-16-8(2)3/h8H,5-7H2,1-4H3. The zero-order valence-electron chi connectivity index (χ0n) is 10.8. The second-order valence-corrected chi connectivity index (χ2v) is 3.98. The van der Waals surface area contributed by atoms with Gasteiger partial charge in [-0.25, -0.2) is 9.78 Å². The first-order valence-electron chi connectivity index (χ1n) is 5.77. The van der Waals surface area contributed by atoms with E-state index in [4.69, 9.17) is 9.15 Å². The van der Waals surface area contributed by atoms with Gasteiger partial charge in [-0.05, 0) is 20.3 Å². The molecule has 1 heterocycles. The Morgan fingerprint density at radius 1 is 1.47 bits per heavy atom. The Labute approximate surface area is 101 Å². The average Bonchev–Trinajstić information content (AvgIpc) is 2.69. The normalized spacial score (nSPS) is 10.9. The molecule has 1 aromatic rings. The Kier molecular flexibility index (Phi) is 5.15. The molecule has 17 heavy (non-hydrogen) atoms. The maximum atomic E-state index is 11.5. The first-order valence-corrected chi connectivity index (χ1v) is 5.77. The number of hydrogen-bond donors (Lipinski definition) is 0. The summed E-state index contributed by atoms with van der Waals surface area (Å²) >= 11 is 0. The van der Waals surface area contributed by atoms with Gasteiger partial charge in [-0.1, -0.05) is 13.3 Å². The molecular weight excluding hydrogens is 222 g/mol. The lowest BCUT2D eigenvalue weighted by Gasteiger charge is -2.03. The smallest absolute Gasteiger partial charge is 0.375 e. The van der Waals surface area contributed by atoms with Gasteiger partial charge in [-0.2, -0.15) is 0 Å². The molecule has 0 amide bonds. The zero-order chi connectivity index (χ0) is 12.8. The van der Waals surface area contributed by atoms with Gasteiger partial charge in [0.25, 0.3) is 0 Å². The summed E-state index contributed by atoms with van der Waals surface area (Å²) in [6.07, 6.45) is 1.68. The summed E-state index contributed by atoms with van der Waals surface area (Å²) in [5, 5.41) is 0. The quantitative estimate of drug-likeness (QED) is 0.715. The van der Waals surface area contributed by atoms with Crippen LogP contribution in [0.2, 0.25) is 0 Å². The van der Waals surface area contributed by atoms with Crippen LogP contribution in [0.25, 0.3) is 0 Å². The molecule has 0 aliphatic rings. The summed E-state index contributed by atoms with van der Waals surface area (Å²) in [7, 11) is 1.32. The van der Waals surface area contributed by atoms with Gasteiger partial charge < -0.3 is 13.9 Å². The molecule has 5 nitrogen and oxygen atoms in total. The molecule has 96 valence electrons. The summed E-state index contributed by atoms with van der Waals surface area (Å²) in [5.74, 6) is 0.121. The molecule has 0 unspecified atom stereocenters. The van der Waals surface area contributed by atoms with E-state index in [2.05, 4.69) is 9.72 Å². The Balaban J connectivity index is 2.83. The molecule has 0 atom stereocenters.